The predicted octanol–water partition coefficient (Wildman–Crippen LogP) is 3.73. The van der Waals surface area contributed by atoms with Crippen LogP contribution in [-0.4, -0.2) is 36.8 Å². The second-order valence-electron chi connectivity index (χ2n) is 8.26. The second-order valence-corrected chi connectivity index (χ2v) is 8.26. The Morgan fingerprint density at radius 2 is 2.10 bits per heavy atom. The van der Waals surface area contributed by atoms with Gasteiger partial charge in [-0.1, -0.05) is 12.1 Å². The zero-order valence-corrected chi connectivity index (χ0v) is 17.2. The Morgan fingerprint density at radius 3 is 2.87 bits per heavy atom. The van der Waals surface area contributed by atoms with Crippen molar-refractivity contribution in [2.75, 3.05) is 11.9 Å². The maximum atomic E-state index is 13.9. The van der Waals surface area contributed by atoms with Gasteiger partial charge in [0.05, 0.1) is 12.2 Å². The van der Waals surface area contributed by atoms with Gasteiger partial charge in [0, 0.05) is 49.7 Å². The van der Waals surface area contributed by atoms with Gasteiger partial charge in [0.25, 0.3) is 0 Å². The van der Waals surface area contributed by atoms with E-state index in [1.54, 1.807) is 23.1 Å². The molecule has 2 aromatic heterocycles. The molecule has 1 aliphatic carbocycles. The number of amides is 2. The van der Waals surface area contributed by atoms with Crippen molar-refractivity contribution in [1.82, 2.24) is 24.2 Å². The Hall–Kier alpha value is -3.16. The number of benzene rings is 1. The van der Waals surface area contributed by atoms with E-state index in [9.17, 15) is 9.18 Å². The molecule has 0 unspecified atom stereocenters. The summed E-state index contributed by atoms with van der Waals surface area (Å²) in [6.45, 7) is 4.02. The molecule has 3 aromatic rings. The molecule has 0 spiro atoms. The van der Waals surface area contributed by atoms with Crippen molar-refractivity contribution < 1.29 is 9.18 Å². The van der Waals surface area contributed by atoms with Gasteiger partial charge in [0.2, 0.25) is 0 Å². The smallest absolute Gasteiger partial charge is 0.322 e. The predicted molar refractivity (Wildman–Crippen MR) is 111 cm³/mol. The average molecular weight is 408 g/mol. The van der Waals surface area contributed by atoms with E-state index >= 15 is 0 Å². The molecule has 1 fully saturated rings. The van der Waals surface area contributed by atoms with E-state index in [1.165, 1.54) is 18.9 Å². The van der Waals surface area contributed by atoms with E-state index < -0.39 is 5.82 Å². The van der Waals surface area contributed by atoms with Crippen molar-refractivity contribution in [2.24, 2.45) is 13.0 Å². The van der Waals surface area contributed by atoms with E-state index in [0.717, 1.165) is 40.9 Å². The Kier molecular flexibility index (Phi) is 4.56. The first-order valence-electron chi connectivity index (χ1n) is 10.4. The van der Waals surface area contributed by atoms with Crippen molar-refractivity contribution in [3.63, 3.8) is 0 Å². The van der Waals surface area contributed by atoms with Crippen LogP contribution in [0.2, 0.25) is 0 Å². The molecular formula is C22H25FN6O. The van der Waals surface area contributed by atoms with Crippen LogP contribution in [0.3, 0.4) is 0 Å². The van der Waals surface area contributed by atoms with E-state index in [4.69, 9.17) is 5.10 Å². The van der Waals surface area contributed by atoms with Crippen LogP contribution in [0.5, 0.6) is 0 Å². The third kappa shape index (κ3) is 3.36. The highest BCUT2D eigenvalue weighted by molar-refractivity contribution is 5.89. The number of rotatable bonds is 4. The number of halogens is 1. The van der Waals surface area contributed by atoms with Gasteiger partial charge in [0.1, 0.15) is 11.5 Å². The van der Waals surface area contributed by atoms with Crippen LogP contribution in [0.25, 0.3) is 11.5 Å². The highest BCUT2D eigenvalue weighted by Crippen LogP contribution is 2.35. The standard InChI is InChI=1S/C22H25FN6O/c1-14-11-24-21(29(14)12-15-7-8-15)20-16-13-28(10-9-19(16)27(2)26-20)22(30)25-18-6-4-3-5-17(18)23/h3-6,11,15H,7-10,12-13H2,1-2H3,(H,25,30). The van der Waals surface area contributed by atoms with Gasteiger partial charge in [-0.05, 0) is 37.8 Å². The fraction of sp³-hybridized carbons (Fsp3) is 0.409. The fourth-order valence-corrected chi connectivity index (χ4v) is 4.14. The van der Waals surface area contributed by atoms with E-state index in [-0.39, 0.29) is 11.7 Å². The molecule has 1 aromatic carbocycles. The number of carbonyl (C=O) groups is 1. The minimum Gasteiger partial charge on any atom is -0.327 e. The van der Waals surface area contributed by atoms with Crippen LogP contribution < -0.4 is 5.32 Å². The van der Waals surface area contributed by atoms with Crippen molar-refractivity contribution >= 4 is 11.7 Å². The lowest BCUT2D eigenvalue weighted by Gasteiger charge is -2.28. The molecule has 5 rings (SSSR count). The lowest BCUT2D eigenvalue weighted by Crippen LogP contribution is -2.39. The largest absolute Gasteiger partial charge is 0.327 e. The van der Waals surface area contributed by atoms with E-state index in [2.05, 4.69) is 21.8 Å². The van der Waals surface area contributed by atoms with Gasteiger partial charge in [-0.3, -0.25) is 4.68 Å². The first kappa shape index (κ1) is 18.8. The summed E-state index contributed by atoms with van der Waals surface area (Å²) >= 11 is 0. The fourth-order valence-electron chi connectivity index (χ4n) is 4.14. The number of imidazole rings is 1. The SMILES string of the molecule is Cc1cnc(-c2nn(C)c3c2CN(C(=O)Nc2ccccc2F)CC3)n1CC1CC1. The molecule has 3 heterocycles. The summed E-state index contributed by atoms with van der Waals surface area (Å²) < 4.78 is 18.1. The summed E-state index contributed by atoms with van der Waals surface area (Å²) in [7, 11) is 1.94. The van der Waals surface area contributed by atoms with Crippen LogP contribution in [0.4, 0.5) is 14.9 Å². The number of aryl methyl sites for hydroxylation is 2. The van der Waals surface area contributed by atoms with Gasteiger partial charge in [-0.15, -0.1) is 0 Å². The van der Waals surface area contributed by atoms with Crippen molar-refractivity contribution in [1.29, 1.82) is 0 Å². The third-order valence-corrected chi connectivity index (χ3v) is 6.05. The maximum absolute atomic E-state index is 13.9. The van der Waals surface area contributed by atoms with Crippen LogP contribution >= 0.6 is 0 Å². The maximum Gasteiger partial charge on any atom is 0.322 e. The Morgan fingerprint density at radius 1 is 1.30 bits per heavy atom. The Bertz CT molecular complexity index is 1110. The highest BCUT2D eigenvalue weighted by Gasteiger charge is 2.30. The molecule has 1 saturated carbocycles. The summed E-state index contributed by atoms with van der Waals surface area (Å²) in [6.07, 6.45) is 5.12. The zero-order chi connectivity index (χ0) is 20.8. The molecule has 1 N–H and O–H groups in total. The summed E-state index contributed by atoms with van der Waals surface area (Å²) in [5.74, 6) is 1.15. The average Bonchev–Trinajstić information content (AvgIpc) is 3.41. The lowest BCUT2D eigenvalue weighted by molar-refractivity contribution is 0.205. The Balaban J connectivity index is 1.43. The van der Waals surface area contributed by atoms with E-state index in [0.29, 0.717) is 19.5 Å². The molecule has 2 amide bonds. The number of nitrogens with zero attached hydrogens (tertiary/aromatic N) is 5. The first-order valence-corrected chi connectivity index (χ1v) is 10.4. The molecule has 0 bridgehead atoms. The highest BCUT2D eigenvalue weighted by atomic mass is 19.1. The quantitative estimate of drug-likeness (QED) is 0.715. The van der Waals surface area contributed by atoms with Crippen LogP contribution in [0.1, 0.15) is 29.8 Å². The molecule has 2 aliphatic rings. The van der Waals surface area contributed by atoms with Gasteiger partial charge in [-0.25, -0.2) is 14.2 Å². The lowest BCUT2D eigenvalue weighted by atomic mass is 10.0. The number of para-hydroxylation sites is 1. The zero-order valence-electron chi connectivity index (χ0n) is 17.2. The van der Waals surface area contributed by atoms with Gasteiger partial charge >= 0.3 is 6.03 Å². The third-order valence-electron chi connectivity index (χ3n) is 6.05. The summed E-state index contributed by atoms with van der Waals surface area (Å²) in [5.41, 5.74) is 4.30. The first-order chi connectivity index (χ1) is 14.5. The molecule has 0 radical (unpaired) electrons. The Labute approximate surface area is 174 Å². The molecular weight excluding hydrogens is 383 g/mol. The minimum absolute atomic E-state index is 0.190. The van der Waals surface area contributed by atoms with Crippen LogP contribution in [0, 0.1) is 18.7 Å². The number of urea groups is 1. The van der Waals surface area contributed by atoms with Gasteiger partial charge in [0.15, 0.2) is 5.82 Å². The molecule has 0 atom stereocenters. The monoisotopic (exact) mass is 408 g/mol. The number of hydrogen-bond acceptors (Lipinski definition) is 3. The molecule has 7 nitrogen and oxygen atoms in total. The molecule has 8 heteroatoms. The van der Waals surface area contributed by atoms with Crippen LogP contribution in [-0.2, 0) is 26.6 Å². The number of fused-ring (bicyclic) bond motifs is 1. The summed E-state index contributed by atoms with van der Waals surface area (Å²) in [5, 5.41) is 7.46. The number of aromatic nitrogens is 4. The number of anilines is 1. The van der Waals surface area contributed by atoms with Crippen LogP contribution in [0.15, 0.2) is 30.5 Å². The van der Waals surface area contributed by atoms with Gasteiger partial charge in [-0.2, -0.15) is 5.10 Å². The normalized spacial score (nSPS) is 15.9. The van der Waals surface area contributed by atoms with Gasteiger partial charge < -0.3 is 14.8 Å². The minimum atomic E-state index is -0.441. The van der Waals surface area contributed by atoms with Crippen molar-refractivity contribution in [3.05, 3.63) is 53.2 Å². The number of nitrogens with one attached hydrogen (secondary N) is 1. The van der Waals surface area contributed by atoms with Crippen molar-refractivity contribution in [3.8, 4) is 11.5 Å². The summed E-state index contributed by atoms with van der Waals surface area (Å²) in [4.78, 5) is 19.2. The second kappa shape index (κ2) is 7.27. The molecule has 30 heavy (non-hydrogen) atoms. The van der Waals surface area contributed by atoms with E-state index in [1.807, 2.05) is 17.9 Å². The topological polar surface area (TPSA) is 68.0 Å². The molecule has 0 saturated heterocycles. The summed E-state index contributed by atoms with van der Waals surface area (Å²) in [6, 6.07) is 5.90. The molecule has 156 valence electrons. The molecule has 1 aliphatic heterocycles. The number of hydrogen-bond donors (Lipinski definition) is 1. The van der Waals surface area contributed by atoms with Crippen molar-refractivity contribution in [2.45, 2.75) is 39.3 Å². The number of carbonyl (C=O) groups excluding carboxylic acids is 1.